The first-order valence-electron chi connectivity index (χ1n) is 9.96. The summed E-state index contributed by atoms with van der Waals surface area (Å²) in [6.45, 7) is 0. The van der Waals surface area contributed by atoms with E-state index in [1.807, 2.05) is 0 Å². The number of alkyl halides is 5. The van der Waals surface area contributed by atoms with Crippen molar-refractivity contribution in [1.29, 1.82) is 0 Å². The Hall–Kier alpha value is -4.07. The summed E-state index contributed by atoms with van der Waals surface area (Å²) < 4.78 is 92.9. The number of ether oxygens (including phenoxy) is 1. The third-order valence-corrected chi connectivity index (χ3v) is 5.98. The van der Waals surface area contributed by atoms with Crippen LogP contribution in [0.15, 0.2) is 65.7 Å². The van der Waals surface area contributed by atoms with Crippen molar-refractivity contribution in [3.63, 3.8) is 0 Å². The number of benzene rings is 2. The van der Waals surface area contributed by atoms with Crippen molar-refractivity contribution < 1.29 is 39.9 Å². The molecule has 0 fully saturated rings. The first-order valence-corrected chi connectivity index (χ1v) is 11.9. The predicted octanol–water partition coefficient (Wildman–Crippen LogP) is 4.89. The molecule has 2 heterocycles. The number of nitrogens with zero attached hydrogens (tertiary/aromatic N) is 3. The maximum absolute atomic E-state index is 13.8. The topological polar surface area (TPSA) is 103 Å². The maximum atomic E-state index is 13.8. The third-order valence-electron chi connectivity index (χ3n) is 4.87. The van der Waals surface area contributed by atoms with Gasteiger partial charge in [0.25, 0.3) is 12.3 Å². The minimum atomic E-state index is -4.90. The lowest BCUT2D eigenvalue weighted by Gasteiger charge is -2.11. The average Bonchev–Trinajstić information content (AvgIpc) is 3.21. The number of aromatic nitrogens is 3. The van der Waals surface area contributed by atoms with E-state index < -0.39 is 40.0 Å². The molecule has 1 amide bonds. The summed E-state index contributed by atoms with van der Waals surface area (Å²) in [5.41, 5.74) is -0.778. The minimum absolute atomic E-state index is 0.0430. The lowest BCUT2D eigenvalue weighted by molar-refractivity contribution is -0.274. The molecule has 14 heteroatoms. The summed E-state index contributed by atoms with van der Waals surface area (Å²) in [7, 11) is -3.55. The molecule has 0 saturated carbocycles. The number of fused-ring (bicyclic) bond motifs is 1. The summed E-state index contributed by atoms with van der Waals surface area (Å²) in [4.78, 5) is 17.1. The number of anilines is 1. The highest BCUT2D eigenvalue weighted by atomic mass is 32.2. The summed E-state index contributed by atoms with van der Waals surface area (Å²) in [6, 6.07) is 10.8. The van der Waals surface area contributed by atoms with Crippen LogP contribution in [0.1, 0.15) is 22.5 Å². The lowest BCUT2D eigenvalue weighted by atomic mass is 10.1. The zero-order chi connectivity index (χ0) is 26.3. The standard InChI is InChI=1S/C22H15F5N4O4S/c1-36(33,34)15-4-2-3-13(9-15)29-21(32)16-11-28-31-18(19(23)24)10-17(30-20(16)31)12-5-7-14(8-6-12)35-22(25,26)27/h2-11,19H,1H3,(H,29,32). The Balaban J connectivity index is 1.73. The highest BCUT2D eigenvalue weighted by Crippen LogP contribution is 2.29. The molecule has 0 aliphatic carbocycles. The molecule has 36 heavy (non-hydrogen) atoms. The Kier molecular flexibility index (Phi) is 6.39. The molecule has 8 nitrogen and oxygen atoms in total. The smallest absolute Gasteiger partial charge is 0.406 e. The van der Waals surface area contributed by atoms with E-state index in [2.05, 4.69) is 20.1 Å². The molecule has 0 aliphatic heterocycles. The molecule has 0 aliphatic rings. The van der Waals surface area contributed by atoms with Gasteiger partial charge in [0.05, 0.1) is 16.8 Å². The molecule has 0 bridgehead atoms. The largest absolute Gasteiger partial charge is 0.573 e. The average molecular weight is 526 g/mol. The minimum Gasteiger partial charge on any atom is -0.406 e. The van der Waals surface area contributed by atoms with Gasteiger partial charge in [0.2, 0.25) is 0 Å². The molecule has 0 unspecified atom stereocenters. The second-order valence-corrected chi connectivity index (χ2v) is 9.50. The highest BCUT2D eigenvalue weighted by Gasteiger charge is 2.31. The molecule has 0 spiro atoms. The van der Waals surface area contributed by atoms with Gasteiger partial charge in [-0.15, -0.1) is 13.2 Å². The van der Waals surface area contributed by atoms with Crippen LogP contribution in [-0.2, 0) is 9.84 Å². The SMILES string of the molecule is CS(=O)(=O)c1cccc(NC(=O)c2cnn3c(C(F)F)cc(-c4ccc(OC(F)(F)F)cc4)nc23)c1. The first-order chi connectivity index (χ1) is 16.8. The summed E-state index contributed by atoms with van der Waals surface area (Å²) >= 11 is 0. The molecule has 0 radical (unpaired) electrons. The van der Waals surface area contributed by atoms with Crippen LogP contribution in [0.25, 0.3) is 16.9 Å². The summed E-state index contributed by atoms with van der Waals surface area (Å²) in [5.74, 6) is -1.31. The van der Waals surface area contributed by atoms with Crippen molar-refractivity contribution in [3.8, 4) is 17.0 Å². The van der Waals surface area contributed by atoms with E-state index in [4.69, 9.17) is 0 Å². The fraction of sp³-hybridized carbons (Fsp3) is 0.136. The van der Waals surface area contributed by atoms with E-state index >= 15 is 0 Å². The Labute approximate surface area is 200 Å². The van der Waals surface area contributed by atoms with Gasteiger partial charge in [-0.2, -0.15) is 5.10 Å². The molecular formula is C22H15F5N4O4S. The number of carbonyl (C=O) groups is 1. The van der Waals surface area contributed by atoms with Crippen LogP contribution in [0.3, 0.4) is 0 Å². The number of sulfone groups is 1. The second-order valence-electron chi connectivity index (χ2n) is 7.49. The summed E-state index contributed by atoms with van der Waals surface area (Å²) in [6.07, 6.45) is -5.90. The van der Waals surface area contributed by atoms with E-state index in [0.717, 1.165) is 35.2 Å². The van der Waals surface area contributed by atoms with E-state index in [0.29, 0.717) is 0 Å². The Morgan fingerprint density at radius 1 is 1.08 bits per heavy atom. The van der Waals surface area contributed by atoms with Crippen LogP contribution in [-0.4, -0.2) is 41.5 Å². The third kappa shape index (κ3) is 5.43. The zero-order valence-electron chi connectivity index (χ0n) is 18.1. The number of halogens is 5. The van der Waals surface area contributed by atoms with Crippen LogP contribution < -0.4 is 10.1 Å². The van der Waals surface area contributed by atoms with Crippen molar-refractivity contribution in [2.75, 3.05) is 11.6 Å². The van der Waals surface area contributed by atoms with Crippen LogP contribution in [0.4, 0.5) is 27.6 Å². The van der Waals surface area contributed by atoms with Crippen LogP contribution >= 0.6 is 0 Å². The normalized spacial score (nSPS) is 12.2. The van der Waals surface area contributed by atoms with Gasteiger partial charge in [-0.1, -0.05) is 6.07 Å². The monoisotopic (exact) mass is 526 g/mol. The van der Waals surface area contributed by atoms with Gasteiger partial charge in [0, 0.05) is 17.5 Å². The Bertz CT molecular complexity index is 1550. The number of amides is 1. The van der Waals surface area contributed by atoms with Gasteiger partial charge in [0.1, 0.15) is 17.0 Å². The molecule has 4 rings (SSSR count). The van der Waals surface area contributed by atoms with Crippen molar-refractivity contribution in [1.82, 2.24) is 14.6 Å². The maximum Gasteiger partial charge on any atom is 0.573 e. The van der Waals surface area contributed by atoms with Crippen molar-refractivity contribution >= 4 is 27.1 Å². The van der Waals surface area contributed by atoms with Gasteiger partial charge < -0.3 is 10.1 Å². The number of hydrogen-bond acceptors (Lipinski definition) is 6. The molecule has 4 aromatic rings. The number of rotatable bonds is 6. The first kappa shape index (κ1) is 25.0. The van der Waals surface area contributed by atoms with E-state index in [9.17, 15) is 35.2 Å². The Morgan fingerprint density at radius 3 is 2.39 bits per heavy atom. The molecule has 1 N–H and O–H groups in total. The molecule has 2 aromatic carbocycles. The van der Waals surface area contributed by atoms with Crippen LogP contribution in [0.2, 0.25) is 0 Å². The lowest BCUT2D eigenvalue weighted by Crippen LogP contribution is -2.16. The molecule has 188 valence electrons. The van der Waals surface area contributed by atoms with Crippen molar-refractivity contribution in [2.45, 2.75) is 17.7 Å². The van der Waals surface area contributed by atoms with Crippen molar-refractivity contribution in [2.24, 2.45) is 0 Å². The zero-order valence-corrected chi connectivity index (χ0v) is 18.9. The molecule has 0 atom stereocenters. The van der Waals surface area contributed by atoms with Crippen LogP contribution in [0.5, 0.6) is 5.75 Å². The number of nitrogens with one attached hydrogen (secondary N) is 1. The van der Waals surface area contributed by atoms with E-state index in [1.165, 1.54) is 36.4 Å². The fourth-order valence-corrected chi connectivity index (χ4v) is 3.95. The molecule has 0 saturated heterocycles. The van der Waals surface area contributed by atoms with E-state index in [-0.39, 0.29) is 33.1 Å². The summed E-state index contributed by atoms with van der Waals surface area (Å²) in [5, 5.41) is 6.30. The van der Waals surface area contributed by atoms with Gasteiger partial charge in [-0.05, 0) is 48.5 Å². The highest BCUT2D eigenvalue weighted by molar-refractivity contribution is 7.90. The quantitative estimate of drug-likeness (QED) is 0.359. The molecule has 2 aromatic heterocycles. The van der Waals surface area contributed by atoms with E-state index in [1.54, 1.807) is 0 Å². The predicted molar refractivity (Wildman–Crippen MR) is 118 cm³/mol. The van der Waals surface area contributed by atoms with Gasteiger partial charge in [-0.3, -0.25) is 4.79 Å². The fourth-order valence-electron chi connectivity index (χ4n) is 3.28. The Morgan fingerprint density at radius 2 is 1.78 bits per heavy atom. The van der Waals surface area contributed by atoms with Crippen molar-refractivity contribution in [3.05, 3.63) is 72.1 Å². The van der Waals surface area contributed by atoms with Gasteiger partial charge in [0.15, 0.2) is 15.5 Å². The molecular weight excluding hydrogens is 511 g/mol. The van der Waals surface area contributed by atoms with Crippen LogP contribution in [0, 0.1) is 0 Å². The second kappa shape index (κ2) is 9.18. The van der Waals surface area contributed by atoms with Gasteiger partial charge in [-0.25, -0.2) is 26.7 Å². The van der Waals surface area contributed by atoms with Gasteiger partial charge >= 0.3 is 6.36 Å². The number of hydrogen-bond donors (Lipinski definition) is 1. The number of carbonyl (C=O) groups excluding carboxylic acids is 1.